The topological polar surface area (TPSA) is 111 Å². The van der Waals surface area contributed by atoms with Crippen LogP contribution in [-0.4, -0.2) is 61.4 Å². The number of amides is 1. The fourth-order valence-electron chi connectivity index (χ4n) is 4.78. The van der Waals surface area contributed by atoms with Gasteiger partial charge in [-0.05, 0) is 56.4 Å². The Kier molecular flexibility index (Phi) is 6.23. The molecule has 4 aromatic rings. The van der Waals surface area contributed by atoms with Gasteiger partial charge in [0.05, 0.1) is 18.7 Å². The Morgan fingerprint density at radius 1 is 1.23 bits per heavy atom. The number of nitrogens with one attached hydrogen (secondary N) is 2. The quantitative estimate of drug-likeness (QED) is 0.416. The molecule has 1 aliphatic carbocycles. The van der Waals surface area contributed by atoms with Gasteiger partial charge in [0, 0.05) is 30.8 Å². The summed E-state index contributed by atoms with van der Waals surface area (Å²) in [6.45, 7) is 2.80. The van der Waals surface area contributed by atoms with Crippen LogP contribution < -0.4 is 15.4 Å². The molecule has 5 rings (SSSR count). The summed E-state index contributed by atoms with van der Waals surface area (Å²) < 4.78 is 22.3. The highest BCUT2D eigenvalue weighted by atomic mass is 19.1. The number of methoxy groups -OCH3 is 1. The number of hydrogen-bond acceptors (Lipinski definition) is 7. The van der Waals surface area contributed by atoms with Crippen molar-refractivity contribution in [3.05, 3.63) is 30.5 Å². The molecule has 1 aliphatic rings. The highest BCUT2D eigenvalue weighted by Crippen LogP contribution is 2.33. The van der Waals surface area contributed by atoms with Crippen molar-refractivity contribution in [2.45, 2.75) is 57.7 Å². The lowest BCUT2D eigenvalue weighted by molar-refractivity contribution is -0.119. The van der Waals surface area contributed by atoms with Crippen LogP contribution >= 0.6 is 0 Å². The van der Waals surface area contributed by atoms with Gasteiger partial charge in [0.15, 0.2) is 0 Å². The van der Waals surface area contributed by atoms with Gasteiger partial charge in [-0.15, -0.1) is 10.2 Å². The second-order valence-electron chi connectivity index (χ2n) is 9.10. The summed E-state index contributed by atoms with van der Waals surface area (Å²) in [6, 6.07) is 7.80. The molecule has 184 valence electrons. The molecule has 11 heteroatoms. The van der Waals surface area contributed by atoms with Gasteiger partial charge in [0.1, 0.15) is 17.7 Å². The zero-order chi connectivity index (χ0) is 24.5. The number of rotatable bonds is 7. The molecule has 0 aliphatic heterocycles. The number of hydrogen-bond donors (Lipinski definition) is 2. The molecule has 1 aromatic carbocycles. The van der Waals surface area contributed by atoms with Crippen LogP contribution in [0.2, 0.25) is 0 Å². The second kappa shape index (κ2) is 9.47. The molecular weight excluding hydrogens is 451 g/mol. The minimum absolute atomic E-state index is 0.0140. The number of benzene rings is 1. The smallest absolute Gasteiger partial charge is 0.244 e. The SMILES string of the molecule is COc1nc(NC2CCC(NC(C)=O)CC2)nn2ccc(-c3ccc4nnn([C@@H](C)CF)c4c3)c12. The average Bonchev–Trinajstić information content (AvgIpc) is 3.48. The van der Waals surface area contributed by atoms with Crippen molar-refractivity contribution < 1.29 is 13.9 Å². The number of carbonyl (C=O) groups is 1. The lowest BCUT2D eigenvalue weighted by Gasteiger charge is -2.29. The van der Waals surface area contributed by atoms with Crippen LogP contribution in [0, 0.1) is 0 Å². The number of carbonyl (C=O) groups excluding carboxylic acids is 1. The number of anilines is 1. The molecule has 0 radical (unpaired) electrons. The summed E-state index contributed by atoms with van der Waals surface area (Å²) in [7, 11) is 1.59. The van der Waals surface area contributed by atoms with Gasteiger partial charge in [0.2, 0.25) is 17.7 Å². The molecule has 1 amide bonds. The van der Waals surface area contributed by atoms with Crippen molar-refractivity contribution >= 4 is 28.4 Å². The van der Waals surface area contributed by atoms with E-state index in [1.165, 1.54) is 0 Å². The molecule has 0 spiro atoms. The van der Waals surface area contributed by atoms with Crippen LogP contribution in [-0.2, 0) is 4.79 Å². The number of halogens is 1. The van der Waals surface area contributed by atoms with E-state index in [-0.39, 0.29) is 18.0 Å². The van der Waals surface area contributed by atoms with Gasteiger partial charge in [0.25, 0.3) is 0 Å². The van der Waals surface area contributed by atoms with Gasteiger partial charge < -0.3 is 15.4 Å². The Labute approximate surface area is 201 Å². The van der Waals surface area contributed by atoms with Crippen LogP contribution in [0.15, 0.2) is 30.5 Å². The Morgan fingerprint density at radius 2 is 2.00 bits per heavy atom. The van der Waals surface area contributed by atoms with Crippen LogP contribution in [0.25, 0.3) is 27.7 Å². The standard InChI is InChI=1S/C24H29FN8O2/c1-14(13-25)33-21-12-16(4-9-20(21)29-31-33)19-10-11-32-22(19)23(35-3)28-24(30-32)27-18-7-5-17(6-8-18)26-15(2)34/h4,9-12,14,17-18H,5-8,13H2,1-3H3,(H,26,34)(H,27,30)/t14-,17?,18?/m0/s1. The summed E-state index contributed by atoms with van der Waals surface area (Å²) in [5, 5.41) is 19.4. The van der Waals surface area contributed by atoms with E-state index in [9.17, 15) is 9.18 Å². The maximum Gasteiger partial charge on any atom is 0.244 e. The molecule has 0 saturated heterocycles. The Bertz CT molecular complexity index is 1360. The fourth-order valence-corrected chi connectivity index (χ4v) is 4.78. The molecule has 3 heterocycles. The first kappa shape index (κ1) is 23.0. The lowest BCUT2D eigenvalue weighted by atomic mass is 9.91. The van der Waals surface area contributed by atoms with Crippen molar-refractivity contribution in [1.29, 1.82) is 0 Å². The van der Waals surface area contributed by atoms with Gasteiger partial charge in [-0.2, -0.15) is 4.98 Å². The number of ether oxygens (including phenoxy) is 1. The van der Waals surface area contributed by atoms with Crippen LogP contribution in [0.4, 0.5) is 10.3 Å². The Morgan fingerprint density at radius 3 is 2.71 bits per heavy atom. The Hall–Kier alpha value is -3.76. The minimum atomic E-state index is -0.524. The third-order valence-electron chi connectivity index (χ3n) is 6.56. The van der Waals surface area contributed by atoms with Crippen molar-refractivity contribution in [3.63, 3.8) is 0 Å². The molecule has 35 heavy (non-hydrogen) atoms. The lowest BCUT2D eigenvalue weighted by Crippen LogP contribution is -2.39. The number of aromatic nitrogens is 6. The van der Waals surface area contributed by atoms with Crippen LogP contribution in [0.1, 0.15) is 45.6 Å². The first-order chi connectivity index (χ1) is 17.0. The highest BCUT2D eigenvalue weighted by molar-refractivity contribution is 5.89. The Balaban J connectivity index is 1.43. The molecule has 1 atom stereocenters. The molecule has 3 aromatic heterocycles. The molecule has 0 unspecified atom stereocenters. The zero-order valence-electron chi connectivity index (χ0n) is 20.0. The van der Waals surface area contributed by atoms with E-state index in [0.29, 0.717) is 17.3 Å². The maximum absolute atomic E-state index is 13.3. The summed E-state index contributed by atoms with van der Waals surface area (Å²) in [5.74, 6) is 0.965. The molecule has 0 bridgehead atoms. The van der Waals surface area contributed by atoms with Crippen molar-refractivity contribution in [3.8, 4) is 17.0 Å². The van der Waals surface area contributed by atoms with Crippen LogP contribution in [0.5, 0.6) is 5.88 Å². The summed E-state index contributed by atoms with van der Waals surface area (Å²) >= 11 is 0. The van der Waals surface area contributed by atoms with Gasteiger partial charge in [-0.3, -0.25) is 4.79 Å². The molecular formula is C24H29FN8O2. The largest absolute Gasteiger partial charge is 0.479 e. The van der Waals surface area contributed by atoms with E-state index in [4.69, 9.17) is 4.74 Å². The van der Waals surface area contributed by atoms with E-state index in [0.717, 1.165) is 47.8 Å². The monoisotopic (exact) mass is 480 g/mol. The third-order valence-corrected chi connectivity index (χ3v) is 6.56. The van der Waals surface area contributed by atoms with E-state index >= 15 is 0 Å². The molecule has 1 saturated carbocycles. The molecule has 10 nitrogen and oxygen atoms in total. The average molecular weight is 481 g/mol. The van der Waals surface area contributed by atoms with Gasteiger partial charge >= 0.3 is 0 Å². The van der Waals surface area contributed by atoms with Crippen molar-refractivity contribution in [2.24, 2.45) is 0 Å². The van der Waals surface area contributed by atoms with E-state index in [1.807, 2.05) is 30.5 Å². The van der Waals surface area contributed by atoms with Crippen molar-refractivity contribution in [2.75, 3.05) is 19.1 Å². The first-order valence-electron chi connectivity index (χ1n) is 11.8. The first-order valence-corrected chi connectivity index (χ1v) is 11.8. The predicted molar refractivity (Wildman–Crippen MR) is 130 cm³/mol. The van der Waals surface area contributed by atoms with E-state index in [2.05, 4.69) is 31.0 Å². The minimum Gasteiger partial charge on any atom is -0.479 e. The highest BCUT2D eigenvalue weighted by Gasteiger charge is 2.23. The summed E-state index contributed by atoms with van der Waals surface area (Å²) in [6.07, 6.45) is 5.55. The number of alkyl halides is 1. The van der Waals surface area contributed by atoms with Crippen molar-refractivity contribution in [1.82, 2.24) is 34.9 Å². The van der Waals surface area contributed by atoms with E-state index in [1.54, 1.807) is 30.2 Å². The van der Waals surface area contributed by atoms with E-state index < -0.39 is 12.7 Å². The maximum atomic E-state index is 13.3. The fraction of sp³-hybridized carbons (Fsp3) is 0.458. The summed E-state index contributed by atoms with van der Waals surface area (Å²) in [5.41, 5.74) is 4.02. The molecule has 2 N–H and O–H groups in total. The predicted octanol–water partition coefficient (Wildman–Crippen LogP) is 3.54. The number of fused-ring (bicyclic) bond motifs is 2. The zero-order valence-corrected chi connectivity index (χ0v) is 20.0. The van der Waals surface area contributed by atoms with Gasteiger partial charge in [-0.1, -0.05) is 11.3 Å². The normalized spacial score (nSPS) is 19.1. The third kappa shape index (κ3) is 4.50. The second-order valence-corrected chi connectivity index (χ2v) is 9.10. The molecule has 1 fully saturated rings. The summed E-state index contributed by atoms with van der Waals surface area (Å²) in [4.78, 5) is 15.9. The van der Waals surface area contributed by atoms with Crippen LogP contribution in [0.3, 0.4) is 0 Å². The van der Waals surface area contributed by atoms with Gasteiger partial charge in [-0.25, -0.2) is 13.6 Å². The number of nitrogens with zero attached hydrogens (tertiary/aromatic N) is 6.